The molecule has 1 saturated heterocycles. The van der Waals surface area contributed by atoms with Crippen LogP contribution in [0.4, 0.5) is 0 Å². The first-order valence-electron chi connectivity index (χ1n) is 5.69. The van der Waals surface area contributed by atoms with Gasteiger partial charge in [-0.25, -0.2) is 0 Å². The van der Waals surface area contributed by atoms with Crippen molar-refractivity contribution in [1.29, 1.82) is 0 Å². The van der Waals surface area contributed by atoms with Crippen molar-refractivity contribution in [3.05, 3.63) is 17.5 Å². The van der Waals surface area contributed by atoms with Gasteiger partial charge in [0, 0.05) is 12.2 Å². The van der Waals surface area contributed by atoms with E-state index in [9.17, 15) is 9.90 Å². The van der Waals surface area contributed by atoms with Gasteiger partial charge in [-0.2, -0.15) is 16.9 Å². The number of aromatic nitrogens is 2. The summed E-state index contributed by atoms with van der Waals surface area (Å²) in [5.74, 6) is 1.67. The number of aliphatic hydroxyl groups is 1. The van der Waals surface area contributed by atoms with Crippen LogP contribution in [0.1, 0.15) is 29.0 Å². The Kier molecular flexibility index (Phi) is 3.73. The van der Waals surface area contributed by atoms with E-state index in [1.165, 1.54) is 0 Å². The molecule has 1 aromatic heterocycles. The number of thioether (sulfide) groups is 1. The van der Waals surface area contributed by atoms with E-state index in [0.29, 0.717) is 12.2 Å². The lowest BCUT2D eigenvalue weighted by atomic mass is 9.97. The van der Waals surface area contributed by atoms with Gasteiger partial charge in [0.1, 0.15) is 5.69 Å². The minimum Gasteiger partial charge on any atom is -0.388 e. The van der Waals surface area contributed by atoms with Gasteiger partial charge in [-0.15, -0.1) is 0 Å². The van der Waals surface area contributed by atoms with Crippen molar-refractivity contribution >= 4 is 17.7 Å². The van der Waals surface area contributed by atoms with Crippen LogP contribution in [0.25, 0.3) is 0 Å². The lowest BCUT2D eigenvalue weighted by Crippen LogP contribution is -2.45. The molecule has 0 atom stereocenters. The largest absolute Gasteiger partial charge is 0.388 e. The number of hydrogen-bond donors (Lipinski definition) is 3. The summed E-state index contributed by atoms with van der Waals surface area (Å²) in [5, 5.41) is 19.6. The Morgan fingerprint density at radius 3 is 2.94 bits per heavy atom. The number of aryl methyl sites for hydroxylation is 1. The summed E-state index contributed by atoms with van der Waals surface area (Å²) in [7, 11) is 0. The van der Waals surface area contributed by atoms with Gasteiger partial charge in [-0.3, -0.25) is 9.89 Å². The van der Waals surface area contributed by atoms with E-state index in [1.807, 2.05) is 18.7 Å². The second kappa shape index (κ2) is 5.10. The fourth-order valence-electron chi connectivity index (χ4n) is 1.80. The van der Waals surface area contributed by atoms with E-state index in [0.717, 1.165) is 30.0 Å². The normalized spacial score (nSPS) is 18.9. The van der Waals surface area contributed by atoms with Crippen molar-refractivity contribution in [3.8, 4) is 0 Å². The molecule has 0 radical (unpaired) electrons. The molecular formula is C11H17N3O2S. The maximum atomic E-state index is 11.7. The number of hydrogen-bond acceptors (Lipinski definition) is 4. The minimum atomic E-state index is -0.744. The van der Waals surface area contributed by atoms with Gasteiger partial charge < -0.3 is 10.4 Å². The van der Waals surface area contributed by atoms with Crippen molar-refractivity contribution in [2.24, 2.45) is 0 Å². The fraction of sp³-hybridized carbons (Fsp3) is 0.636. The van der Waals surface area contributed by atoms with E-state index in [-0.39, 0.29) is 5.91 Å². The molecule has 17 heavy (non-hydrogen) atoms. The topological polar surface area (TPSA) is 78.0 Å². The van der Waals surface area contributed by atoms with Crippen LogP contribution in [0, 0.1) is 6.92 Å². The third-order valence-electron chi connectivity index (χ3n) is 2.94. The van der Waals surface area contributed by atoms with Crippen molar-refractivity contribution in [2.75, 3.05) is 18.1 Å². The third kappa shape index (κ3) is 3.23. The molecule has 1 aromatic rings. The molecule has 3 N–H and O–H groups in total. The summed E-state index contributed by atoms with van der Waals surface area (Å²) >= 11 is 1.84. The molecular weight excluding hydrogens is 238 g/mol. The lowest BCUT2D eigenvalue weighted by molar-refractivity contribution is 0.0310. The van der Waals surface area contributed by atoms with Crippen LogP contribution >= 0.6 is 11.8 Å². The van der Waals surface area contributed by atoms with Crippen molar-refractivity contribution in [2.45, 2.75) is 25.4 Å². The average Bonchev–Trinajstić information content (AvgIpc) is 2.74. The number of amides is 1. The number of rotatable bonds is 3. The number of nitrogens with zero attached hydrogens (tertiary/aromatic N) is 1. The molecule has 2 rings (SSSR count). The maximum absolute atomic E-state index is 11.7. The molecule has 0 spiro atoms. The monoisotopic (exact) mass is 255 g/mol. The predicted octanol–water partition coefficient (Wildman–Crippen LogP) is 0.706. The first-order valence-corrected chi connectivity index (χ1v) is 6.85. The quantitative estimate of drug-likeness (QED) is 0.743. The van der Waals surface area contributed by atoms with Gasteiger partial charge in [-0.05, 0) is 37.3 Å². The van der Waals surface area contributed by atoms with E-state index >= 15 is 0 Å². The number of H-pyrrole nitrogens is 1. The molecule has 1 fully saturated rings. The summed E-state index contributed by atoms with van der Waals surface area (Å²) in [6, 6.07) is 1.69. The third-order valence-corrected chi connectivity index (χ3v) is 3.93. The van der Waals surface area contributed by atoms with Crippen molar-refractivity contribution < 1.29 is 9.90 Å². The molecule has 0 aromatic carbocycles. The van der Waals surface area contributed by atoms with Crippen molar-refractivity contribution in [3.63, 3.8) is 0 Å². The summed E-state index contributed by atoms with van der Waals surface area (Å²) in [6.45, 7) is 2.15. The van der Waals surface area contributed by atoms with Crippen molar-refractivity contribution in [1.82, 2.24) is 15.5 Å². The first-order chi connectivity index (χ1) is 8.09. The minimum absolute atomic E-state index is 0.235. The Bertz CT molecular complexity index is 399. The summed E-state index contributed by atoms with van der Waals surface area (Å²) in [5.41, 5.74) is 0.478. The molecule has 0 saturated carbocycles. The van der Waals surface area contributed by atoms with E-state index in [4.69, 9.17) is 0 Å². The molecule has 0 bridgehead atoms. The van der Waals surface area contributed by atoms with Crippen LogP contribution in [0.5, 0.6) is 0 Å². The van der Waals surface area contributed by atoms with Gasteiger partial charge in [0.2, 0.25) is 0 Å². The van der Waals surface area contributed by atoms with Gasteiger partial charge in [0.25, 0.3) is 5.91 Å². The zero-order valence-corrected chi connectivity index (χ0v) is 10.6. The number of carbonyl (C=O) groups excluding carboxylic acids is 1. The first kappa shape index (κ1) is 12.4. The summed E-state index contributed by atoms with van der Waals surface area (Å²) < 4.78 is 0. The maximum Gasteiger partial charge on any atom is 0.271 e. The predicted molar refractivity (Wildman–Crippen MR) is 67.2 cm³/mol. The number of carbonyl (C=O) groups is 1. The highest BCUT2D eigenvalue weighted by Crippen LogP contribution is 2.26. The second-order valence-electron chi connectivity index (χ2n) is 4.46. The van der Waals surface area contributed by atoms with Gasteiger partial charge in [0.15, 0.2) is 0 Å². The second-order valence-corrected chi connectivity index (χ2v) is 5.68. The van der Waals surface area contributed by atoms with Crippen LogP contribution in [-0.4, -0.2) is 44.9 Å². The lowest BCUT2D eigenvalue weighted by Gasteiger charge is -2.31. The van der Waals surface area contributed by atoms with E-state index in [2.05, 4.69) is 15.5 Å². The molecule has 0 aliphatic carbocycles. The van der Waals surface area contributed by atoms with E-state index in [1.54, 1.807) is 6.07 Å². The van der Waals surface area contributed by atoms with Crippen LogP contribution in [0.3, 0.4) is 0 Å². The fourth-order valence-corrected chi connectivity index (χ4v) is 3.05. The number of nitrogens with one attached hydrogen (secondary N) is 2. The van der Waals surface area contributed by atoms with E-state index < -0.39 is 5.60 Å². The molecule has 94 valence electrons. The SMILES string of the molecule is Cc1cc(C(=O)NCC2(O)CCSCC2)n[nH]1. The molecule has 1 aliphatic rings. The zero-order valence-electron chi connectivity index (χ0n) is 9.82. The number of aromatic amines is 1. The smallest absolute Gasteiger partial charge is 0.271 e. The molecule has 6 heteroatoms. The Hall–Kier alpha value is -1.01. The highest BCUT2D eigenvalue weighted by Gasteiger charge is 2.30. The standard InChI is InChI=1S/C11H17N3O2S/c1-8-6-9(14-13-8)10(15)12-7-11(16)2-4-17-5-3-11/h6,16H,2-5,7H2,1H3,(H,12,15)(H,13,14). The highest BCUT2D eigenvalue weighted by atomic mass is 32.2. The van der Waals surface area contributed by atoms with Crippen LogP contribution < -0.4 is 5.32 Å². The highest BCUT2D eigenvalue weighted by molar-refractivity contribution is 7.99. The average molecular weight is 255 g/mol. The summed E-state index contributed by atoms with van der Waals surface area (Å²) in [6.07, 6.45) is 1.47. The van der Waals surface area contributed by atoms with Gasteiger partial charge in [0.05, 0.1) is 5.60 Å². The van der Waals surface area contributed by atoms with Crippen LogP contribution in [0.15, 0.2) is 6.07 Å². The van der Waals surface area contributed by atoms with Crippen LogP contribution in [0.2, 0.25) is 0 Å². The Balaban J connectivity index is 1.87. The van der Waals surface area contributed by atoms with Gasteiger partial charge >= 0.3 is 0 Å². The molecule has 1 amide bonds. The Morgan fingerprint density at radius 2 is 2.35 bits per heavy atom. The molecule has 0 unspecified atom stereocenters. The molecule has 1 aliphatic heterocycles. The van der Waals surface area contributed by atoms with Crippen LogP contribution in [-0.2, 0) is 0 Å². The molecule has 5 nitrogen and oxygen atoms in total. The molecule has 2 heterocycles. The zero-order chi connectivity index (χ0) is 12.3. The summed E-state index contributed by atoms with van der Waals surface area (Å²) in [4.78, 5) is 11.7. The Labute approximate surface area is 104 Å². The van der Waals surface area contributed by atoms with Gasteiger partial charge in [-0.1, -0.05) is 0 Å². The Morgan fingerprint density at radius 1 is 1.65 bits per heavy atom.